The predicted octanol–water partition coefficient (Wildman–Crippen LogP) is 2.41. The number of nitrogens with zero attached hydrogens (tertiary/aromatic N) is 3. The maximum Gasteiger partial charge on any atom is 0.326 e. The number of hydrogen-bond donors (Lipinski definition) is 1. The second-order valence-electron chi connectivity index (χ2n) is 5.34. The molecule has 2 aromatic rings. The Hall–Kier alpha value is -2.81. The van der Waals surface area contributed by atoms with Crippen molar-refractivity contribution in [2.75, 3.05) is 6.54 Å². The van der Waals surface area contributed by atoms with Gasteiger partial charge in [0.05, 0.1) is 4.92 Å². The largest absolute Gasteiger partial charge is 0.480 e. The van der Waals surface area contributed by atoms with Crippen molar-refractivity contribution in [3.05, 3.63) is 45.5 Å². The molecule has 0 spiro atoms. The molecule has 1 atom stereocenters. The van der Waals surface area contributed by atoms with E-state index >= 15 is 0 Å². The van der Waals surface area contributed by atoms with Crippen molar-refractivity contribution in [2.45, 2.75) is 18.9 Å². The maximum absolute atomic E-state index is 12.5. The first-order chi connectivity index (χ1) is 11.5. The van der Waals surface area contributed by atoms with Crippen LogP contribution in [0.3, 0.4) is 0 Å². The summed E-state index contributed by atoms with van der Waals surface area (Å²) in [6, 6.07) is 5.18. The zero-order valence-corrected chi connectivity index (χ0v) is 13.2. The normalized spacial score (nSPS) is 17.0. The van der Waals surface area contributed by atoms with Gasteiger partial charge < -0.3 is 10.0 Å². The van der Waals surface area contributed by atoms with Gasteiger partial charge in [-0.3, -0.25) is 14.9 Å². The number of carbonyl (C=O) groups is 2. The number of rotatable bonds is 4. The van der Waals surface area contributed by atoms with Gasteiger partial charge in [0.1, 0.15) is 16.7 Å². The molecular weight excluding hydrogens is 334 g/mol. The van der Waals surface area contributed by atoms with Gasteiger partial charge in [0.15, 0.2) is 0 Å². The molecule has 1 saturated heterocycles. The Kier molecular flexibility index (Phi) is 4.26. The number of likely N-dealkylation sites (tertiary alicyclic amines) is 1. The molecule has 0 aliphatic carbocycles. The molecule has 0 radical (unpaired) electrons. The average Bonchev–Trinajstić information content (AvgIpc) is 3.23. The highest BCUT2D eigenvalue weighted by Crippen LogP contribution is 2.28. The van der Waals surface area contributed by atoms with Gasteiger partial charge >= 0.3 is 5.97 Å². The lowest BCUT2D eigenvalue weighted by Gasteiger charge is -2.20. The van der Waals surface area contributed by atoms with Crippen LogP contribution < -0.4 is 0 Å². The van der Waals surface area contributed by atoms with Gasteiger partial charge in [-0.1, -0.05) is 12.1 Å². The third-order valence-corrected chi connectivity index (χ3v) is 4.72. The highest BCUT2D eigenvalue weighted by molar-refractivity contribution is 7.13. The molecule has 1 aliphatic rings. The van der Waals surface area contributed by atoms with Crippen LogP contribution in [0.5, 0.6) is 0 Å². The Morgan fingerprint density at radius 3 is 2.92 bits per heavy atom. The van der Waals surface area contributed by atoms with E-state index in [0.29, 0.717) is 30.0 Å². The molecule has 0 bridgehead atoms. The Labute approximate surface area is 140 Å². The molecule has 1 aromatic carbocycles. The summed E-state index contributed by atoms with van der Waals surface area (Å²) >= 11 is 1.19. The van der Waals surface area contributed by atoms with Crippen LogP contribution in [0.25, 0.3) is 10.6 Å². The highest BCUT2D eigenvalue weighted by Gasteiger charge is 2.35. The van der Waals surface area contributed by atoms with Crippen LogP contribution in [0, 0.1) is 10.1 Å². The number of nitro groups is 1. The third kappa shape index (κ3) is 2.98. The zero-order chi connectivity index (χ0) is 17.3. The summed E-state index contributed by atoms with van der Waals surface area (Å²) in [6.07, 6.45) is 1.08. The number of aromatic nitrogens is 1. The molecule has 1 amide bonds. The highest BCUT2D eigenvalue weighted by atomic mass is 32.1. The number of non-ortho nitro benzene ring substituents is 1. The van der Waals surface area contributed by atoms with Gasteiger partial charge in [0, 0.05) is 29.6 Å². The van der Waals surface area contributed by atoms with E-state index in [-0.39, 0.29) is 11.4 Å². The predicted molar refractivity (Wildman–Crippen MR) is 85.9 cm³/mol. The number of nitro benzene ring substituents is 1. The first-order valence-electron chi connectivity index (χ1n) is 7.21. The van der Waals surface area contributed by atoms with E-state index in [2.05, 4.69) is 4.98 Å². The number of aliphatic carboxylic acids is 1. The van der Waals surface area contributed by atoms with Crippen molar-refractivity contribution in [2.24, 2.45) is 0 Å². The number of thiazole rings is 1. The van der Waals surface area contributed by atoms with Crippen molar-refractivity contribution < 1.29 is 19.6 Å². The fraction of sp³-hybridized carbons (Fsp3) is 0.267. The van der Waals surface area contributed by atoms with Gasteiger partial charge in [-0.25, -0.2) is 9.78 Å². The summed E-state index contributed by atoms with van der Waals surface area (Å²) in [6.45, 7) is 0.388. The SMILES string of the molecule is O=C(O)C1CCCN1C(=O)c1csc(-c2cccc([N+](=O)[O-])c2)n1. The first-order valence-corrected chi connectivity index (χ1v) is 8.09. The van der Waals surface area contributed by atoms with Gasteiger partial charge in [-0.2, -0.15) is 0 Å². The second-order valence-corrected chi connectivity index (χ2v) is 6.20. The summed E-state index contributed by atoms with van der Waals surface area (Å²) in [4.78, 5) is 39.6. The molecule has 24 heavy (non-hydrogen) atoms. The standard InChI is InChI=1S/C15H13N3O5S/c19-14(17-6-2-5-12(17)15(20)21)11-8-24-13(16-11)9-3-1-4-10(7-9)18(22)23/h1,3-4,7-8,12H,2,5-6H2,(H,20,21). The van der Waals surface area contributed by atoms with Gasteiger partial charge in [-0.15, -0.1) is 11.3 Å². The number of benzene rings is 1. The average molecular weight is 347 g/mol. The minimum absolute atomic E-state index is 0.0546. The lowest BCUT2D eigenvalue weighted by molar-refractivity contribution is -0.384. The van der Waals surface area contributed by atoms with Crippen molar-refractivity contribution >= 4 is 28.9 Å². The van der Waals surface area contributed by atoms with Crippen LogP contribution in [-0.4, -0.2) is 44.4 Å². The van der Waals surface area contributed by atoms with Crippen LogP contribution in [0.15, 0.2) is 29.6 Å². The Bertz CT molecular complexity index is 819. The summed E-state index contributed by atoms with van der Waals surface area (Å²) in [5.41, 5.74) is 0.653. The Morgan fingerprint density at radius 2 is 2.21 bits per heavy atom. The molecule has 124 valence electrons. The number of amides is 1. The number of carboxylic acids is 1. The second kappa shape index (κ2) is 6.36. The van der Waals surface area contributed by atoms with E-state index in [4.69, 9.17) is 5.11 Å². The number of hydrogen-bond acceptors (Lipinski definition) is 6. The fourth-order valence-electron chi connectivity index (χ4n) is 2.67. The van der Waals surface area contributed by atoms with E-state index in [1.807, 2.05) is 0 Å². The lowest BCUT2D eigenvalue weighted by Crippen LogP contribution is -2.40. The van der Waals surface area contributed by atoms with Crippen LogP contribution in [0.4, 0.5) is 5.69 Å². The molecular formula is C15H13N3O5S. The van der Waals surface area contributed by atoms with E-state index in [1.165, 1.54) is 28.4 Å². The van der Waals surface area contributed by atoms with Gasteiger partial charge in [-0.05, 0) is 12.8 Å². The molecule has 8 nitrogen and oxygen atoms in total. The molecule has 3 rings (SSSR count). The minimum Gasteiger partial charge on any atom is -0.480 e. The van der Waals surface area contributed by atoms with Crippen LogP contribution in [0.2, 0.25) is 0 Å². The monoisotopic (exact) mass is 347 g/mol. The molecule has 9 heteroatoms. The topological polar surface area (TPSA) is 114 Å². The number of carbonyl (C=O) groups excluding carboxylic acids is 1. The zero-order valence-electron chi connectivity index (χ0n) is 12.4. The van der Waals surface area contributed by atoms with Crippen LogP contribution in [0.1, 0.15) is 23.3 Å². The maximum atomic E-state index is 12.5. The van der Waals surface area contributed by atoms with Gasteiger partial charge in [0.25, 0.3) is 11.6 Å². The van der Waals surface area contributed by atoms with Crippen LogP contribution in [-0.2, 0) is 4.79 Å². The van der Waals surface area contributed by atoms with Crippen molar-refractivity contribution in [1.29, 1.82) is 0 Å². The molecule has 1 aliphatic heterocycles. The molecule has 2 heterocycles. The first kappa shape index (κ1) is 16.1. The fourth-order valence-corrected chi connectivity index (χ4v) is 3.46. The summed E-state index contributed by atoms with van der Waals surface area (Å²) in [7, 11) is 0. The molecule has 1 aromatic heterocycles. The third-order valence-electron chi connectivity index (χ3n) is 3.83. The summed E-state index contributed by atoms with van der Waals surface area (Å²) < 4.78 is 0. The molecule has 0 saturated carbocycles. The number of carboxylic acid groups (broad SMARTS) is 1. The van der Waals surface area contributed by atoms with E-state index in [1.54, 1.807) is 17.5 Å². The van der Waals surface area contributed by atoms with Crippen molar-refractivity contribution in [1.82, 2.24) is 9.88 Å². The smallest absolute Gasteiger partial charge is 0.326 e. The van der Waals surface area contributed by atoms with E-state index in [9.17, 15) is 19.7 Å². The van der Waals surface area contributed by atoms with E-state index in [0.717, 1.165) is 0 Å². The molecule has 1 unspecified atom stereocenters. The Morgan fingerprint density at radius 1 is 1.42 bits per heavy atom. The van der Waals surface area contributed by atoms with E-state index < -0.39 is 22.8 Å². The van der Waals surface area contributed by atoms with Gasteiger partial charge in [0.2, 0.25) is 0 Å². The minimum atomic E-state index is -1.02. The summed E-state index contributed by atoms with van der Waals surface area (Å²) in [5, 5.41) is 22.0. The molecule has 1 fully saturated rings. The Balaban J connectivity index is 1.85. The lowest BCUT2D eigenvalue weighted by atomic mass is 10.2. The molecule has 1 N–H and O–H groups in total. The van der Waals surface area contributed by atoms with Crippen molar-refractivity contribution in [3.8, 4) is 10.6 Å². The van der Waals surface area contributed by atoms with Crippen molar-refractivity contribution in [3.63, 3.8) is 0 Å². The quantitative estimate of drug-likeness (QED) is 0.671. The van der Waals surface area contributed by atoms with Crippen LogP contribution >= 0.6 is 11.3 Å². The summed E-state index contributed by atoms with van der Waals surface area (Å²) in [5.74, 6) is -1.44.